The van der Waals surface area contributed by atoms with Gasteiger partial charge in [0, 0.05) is 12.6 Å². The zero-order chi connectivity index (χ0) is 10.2. The molecule has 0 aliphatic heterocycles. The monoisotopic (exact) mass is 194 g/mol. The molecule has 0 aromatic heterocycles. The summed E-state index contributed by atoms with van der Waals surface area (Å²) in [6, 6.07) is 0.0715. The number of nitrogens with one attached hydrogen (secondary N) is 1. The highest BCUT2D eigenvalue weighted by Crippen LogP contribution is 2.44. The smallest absolute Gasteiger partial charge is 0.227 e. The van der Waals surface area contributed by atoms with Crippen LogP contribution in [0.4, 0.5) is 0 Å². The molecular formula is C11H18N2O. The molecule has 3 nitrogen and oxygen atoms in total. The van der Waals surface area contributed by atoms with Crippen molar-refractivity contribution in [3.63, 3.8) is 0 Å². The molecule has 0 spiro atoms. The van der Waals surface area contributed by atoms with Gasteiger partial charge in [-0.1, -0.05) is 19.1 Å². The highest BCUT2D eigenvalue weighted by Gasteiger charge is 2.37. The van der Waals surface area contributed by atoms with Crippen LogP contribution < -0.4 is 11.1 Å². The first-order valence-corrected chi connectivity index (χ1v) is 5.31. The van der Waals surface area contributed by atoms with Crippen molar-refractivity contribution in [2.75, 3.05) is 6.54 Å². The van der Waals surface area contributed by atoms with E-state index in [1.807, 2.05) is 12.2 Å². The minimum atomic E-state index is 0.00681. The van der Waals surface area contributed by atoms with Gasteiger partial charge in [0.25, 0.3) is 0 Å². The van der Waals surface area contributed by atoms with Crippen LogP contribution in [-0.4, -0.2) is 18.5 Å². The maximum absolute atomic E-state index is 11.6. The van der Waals surface area contributed by atoms with Gasteiger partial charge in [0.15, 0.2) is 0 Å². The van der Waals surface area contributed by atoms with E-state index in [1.54, 1.807) is 0 Å². The van der Waals surface area contributed by atoms with Gasteiger partial charge in [-0.2, -0.15) is 0 Å². The standard InChI is InChI=1S/C11H18N2O/c1-11(4-5-11)7-13-10(14)8-2-3-9(12)6-8/h2-3,8-9H,4-7,12H2,1H3,(H,13,14). The third-order valence-corrected chi connectivity index (χ3v) is 3.25. The molecule has 2 unspecified atom stereocenters. The minimum Gasteiger partial charge on any atom is -0.355 e. The van der Waals surface area contributed by atoms with Crippen LogP contribution in [0, 0.1) is 11.3 Å². The van der Waals surface area contributed by atoms with Crippen molar-refractivity contribution >= 4 is 5.91 Å². The van der Waals surface area contributed by atoms with E-state index in [-0.39, 0.29) is 17.9 Å². The van der Waals surface area contributed by atoms with Crippen molar-refractivity contribution < 1.29 is 4.79 Å². The summed E-state index contributed by atoms with van der Waals surface area (Å²) in [7, 11) is 0. The molecule has 2 aliphatic carbocycles. The van der Waals surface area contributed by atoms with E-state index in [0.29, 0.717) is 5.41 Å². The van der Waals surface area contributed by atoms with Crippen LogP contribution in [0.1, 0.15) is 26.2 Å². The lowest BCUT2D eigenvalue weighted by Crippen LogP contribution is -2.34. The van der Waals surface area contributed by atoms with Crippen LogP contribution in [0.3, 0.4) is 0 Å². The first-order chi connectivity index (χ1) is 6.59. The van der Waals surface area contributed by atoms with Gasteiger partial charge in [-0.25, -0.2) is 0 Å². The first-order valence-electron chi connectivity index (χ1n) is 5.31. The summed E-state index contributed by atoms with van der Waals surface area (Å²) >= 11 is 0. The van der Waals surface area contributed by atoms with Gasteiger partial charge < -0.3 is 11.1 Å². The quantitative estimate of drug-likeness (QED) is 0.653. The lowest BCUT2D eigenvalue weighted by Gasteiger charge is -2.13. The lowest BCUT2D eigenvalue weighted by molar-refractivity contribution is -0.123. The Balaban J connectivity index is 1.76. The van der Waals surface area contributed by atoms with E-state index in [0.717, 1.165) is 13.0 Å². The van der Waals surface area contributed by atoms with Crippen molar-refractivity contribution in [1.29, 1.82) is 0 Å². The van der Waals surface area contributed by atoms with Crippen molar-refractivity contribution in [1.82, 2.24) is 5.32 Å². The van der Waals surface area contributed by atoms with Crippen LogP contribution in [0.2, 0.25) is 0 Å². The Morgan fingerprint density at radius 2 is 2.29 bits per heavy atom. The number of amides is 1. The minimum absolute atomic E-state index is 0.00681. The molecule has 0 aromatic carbocycles. The van der Waals surface area contributed by atoms with Gasteiger partial charge in [0.1, 0.15) is 0 Å². The number of hydrogen-bond acceptors (Lipinski definition) is 2. The summed E-state index contributed by atoms with van der Waals surface area (Å²) < 4.78 is 0. The molecule has 0 bridgehead atoms. The summed E-state index contributed by atoms with van der Waals surface area (Å²) in [5.41, 5.74) is 6.08. The molecule has 1 fully saturated rings. The summed E-state index contributed by atoms with van der Waals surface area (Å²) in [6.07, 6.45) is 7.10. The second kappa shape index (κ2) is 3.39. The van der Waals surface area contributed by atoms with Crippen LogP contribution >= 0.6 is 0 Å². The van der Waals surface area contributed by atoms with Crippen LogP contribution in [0.25, 0.3) is 0 Å². The highest BCUT2D eigenvalue weighted by atomic mass is 16.1. The van der Waals surface area contributed by atoms with E-state index in [2.05, 4.69) is 12.2 Å². The number of rotatable bonds is 3. The number of carbonyl (C=O) groups is 1. The third kappa shape index (κ3) is 2.15. The zero-order valence-electron chi connectivity index (χ0n) is 8.62. The number of nitrogens with two attached hydrogens (primary N) is 1. The highest BCUT2D eigenvalue weighted by molar-refractivity contribution is 5.81. The largest absolute Gasteiger partial charge is 0.355 e. The molecule has 0 heterocycles. The Bertz CT molecular complexity index is 268. The Hall–Kier alpha value is -0.830. The van der Waals surface area contributed by atoms with E-state index in [9.17, 15) is 4.79 Å². The maximum Gasteiger partial charge on any atom is 0.227 e. The average molecular weight is 194 g/mol. The molecule has 0 radical (unpaired) electrons. The fourth-order valence-corrected chi connectivity index (χ4v) is 1.74. The normalized spacial score (nSPS) is 33.0. The molecule has 0 saturated heterocycles. The van der Waals surface area contributed by atoms with Crippen LogP contribution in [0.15, 0.2) is 12.2 Å². The van der Waals surface area contributed by atoms with Crippen LogP contribution in [0.5, 0.6) is 0 Å². The molecule has 1 amide bonds. The average Bonchev–Trinajstić information content (AvgIpc) is 2.71. The summed E-state index contributed by atoms with van der Waals surface area (Å²) in [6.45, 7) is 3.04. The number of hydrogen-bond donors (Lipinski definition) is 2. The fourth-order valence-electron chi connectivity index (χ4n) is 1.74. The van der Waals surface area contributed by atoms with Crippen LogP contribution in [-0.2, 0) is 4.79 Å². The maximum atomic E-state index is 11.6. The lowest BCUT2D eigenvalue weighted by atomic mass is 10.1. The van der Waals surface area contributed by atoms with Crippen molar-refractivity contribution in [2.24, 2.45) is 17.1 Å². The Morgan fingerprint density at radius 1 is 1.57 bits per heavy atom. The third-order valence-electron chi connectivity index (χ3n) is 3.25. The molecule has 14 heavy (non-hydrogen) atoms. The summed E-state index contributed by atoms with van der Waals surface area (Å²) in [5, 5.41) is 3.00. The van der Waals surface area contributed by atoms with E-state index in [4.69, 9.17) is 5.73 Å². The second-order valence-electron chi connectivity index (χ2n) is 4.92. The molecule has 3 N–H and O–H groups in total. The Morgan fingerprint density at radius 3 is 2.79 bits per heavy atom. The molecule has 0 aromatic rings. The molecule has 1 saturated carbocycles. The van der Waals surface area contributed by atoms with Crippen molar-refractivity contribution in [3.8, 4) is 0 Å². The fraction of sp³-hybridized carbons (Fsp3) is 0.727. The first kappa shape index (κ1) is 9.71. The molecule has 2 rings (SSSR count). The van der Waals surface area contributed by atoms with E-state index in [1.165, 1.54) is 12.8 Å². The van der Waals surface area contributed by atoms with E-state index < -0.39 is 0 Å². The second-order valence-corrected chi connectivity index (χ2v) is 4.92. The molecule has 2 atom stereocenters. The summed E-state index contributed by atoms with van der Waals surface area (Å²) in [5.74, 6) is 0.148. The van der Waals surface area contributed by atoms with Crippen molar-refractivity contribution in [3.05, 3.63) is 12.2 Å². The van der Waals surface area contributed by atoms with Gasteiger partial charge in [-0.3, -0.25) is 4.79 Å². The van der Waals surface area contributed by atoms with Gasteiger partial charge in [-0.15, -0.1) is 0 Å². The van der Waals surface area contributed by atoms with Gasteiger partial charge in [-0.05, 0) is 24.7 Å². The van der Waals surface area contributed by atoms with E-state index >= 15 is 0 Å². The number of carbonyl (C=O) groups excluding carboxylic acids is 1. The molecule has 3 heteroatoms. The van der Waals surface area contributed by atoms with Gasteiger partial charge in [0.05, 0.1) is 5.92 Å². The van der Waals surface area contributed by atoms with Gasteiger partial charge >= 0.3 is 0 Å². The molecule has 78 valence electrons. The van der Waals surface area contributed by atoms with Gasteiger partial charge in [0.2, 0.25) is 5.91 Å². The summed E-state index contributed by atoms with van der Waals surface area (Å²) in [4.78, 5) is 11.6. The molecular weight excluding hydrogens is 176 g/mol. The zero-order valence-corrected chi connectivity index (χ0v) is 8.62. The van der Waals surface area contributed by atoms with Crippen molar-refractivity contribution in [2.45, 2.75) is 32.2 Å². The molecule has 2 aliphatic rings. The topological polar surface area (TPSA) is 55.1 Å². The SMILES string of the molecule is CC1(CNC(=O)C2C=CC(N)C2)CC1. The predicted molar refractivity (Wildman–Crippen MR) is 55.6 cm³/mol. The predicted octanol–water partition coefficient (Wildman–Crippen LogP) is 0.806. The Kier molecular flexibility index (Phi) is 2.35. The Labute approximate surface area is 84.7 Å².